The Morgan fingerprint density at radius 3 is 1.78 bits per heavy atom. The normalized spacial score (nSPS) is 14.4. The standard InChI is InChI=1S/C20H14Br2O/c21-14-6-8-16-17-9-7-15(22)11-19(17)20(23,18(16)10-14)12-13-4-2-1-3-5-13/h1-11,23H,12H2. The van der Waals surface area contributed by atoms with Crippen LogP contribution in [0.3, 0.4) is 0 Å². The second-order valence-corrected chi connectivity index (χ2v) is 7.73. The quantitative estimate of drug-likeness (QED) is 0.556. The number of fused-ring (bicyclic) bond motifs is 3. The molecule has 0 atom stereocenters. The Labute approximate surface area is 152 Å². The maximum Gasteiger partial charge on any atom is 0.120 e. The van der Waals surface area contributed by atoms with Gasteiger partial charge in [0.05, 0.1) is 0 Å². The van der Waals surface area contributed by atoms with Crippen LogP contribution in [0.2, 0.25) is 0 Å². The second kappa shape index (κ2) is 5.59. The van der Waals surface area contributed by atoms with Crippen molar-refractivity contribution in [2.45, 2.75) is 12.0 Å². The largest absolute Gasteiger partial charge is 0.380 e. The summed E-state index contributed by atoms with van der Waals surface area (Å²) >= 11 is 7.08. The van der Waals surface area contributed by atoms with Crippen molar-refractivity contribution < 1.29 is 5.11 Å². The van der Waals surface area contributed by atoms with Crippen LogP contribution in [-0.2, 0) is 12.0 Å². The molecule has 1 N–H and O–H groups in total. The third-order valence-corrected chi connectivity index (χ3v) is 5.43. The van der Waals surface area contributed by atoms with Gasteiger partial charge in [0.25, 0.3) is 0 Å². The Balaban J connectivity index is 1.95. The lowest BCUT2D eigenvalue weighted by atomic mass is 9.85. The summed E-state index contributed by atoms with van der Waals surface area (Å²) in [5.41, 5.74) is 4.24. The molecular formula is C20H14Br2O. The van der Waals surface area contributed by atoms with Gasteiger partial charge in [0.15, 0.2) is 0 Å². The number of hydrogen-bond donors (Lipinski definition) is 1. The van der Waals surface area contributed by atoms with Gasteiger partial charge in [-0.05, 0) is 52.1 Å². The highest BCUT2D eigenvalue weighted by Crippen LogP contribution is 2.50. The lowest BCUT2D eigenvalue weighted by Crippen LogP contribution is -2.27. The van der Waals surface area contributed by atoms with Crippen molar-refractivity contribution in [3.05, 3.63) is 92.4 Å². The molecule has 0 radical (unpaired) electrons. The number of rotatable bonds is 2. The smallest absolute Gasteiger partial charge is 0.120 e. The van der Waals surface area contributed by atoms with Gasteiger partial charge >= 0.3 is 0 Å². The molecule has 1 aliphatic carbocycles. The lowest BCUT2D eigenvalue weighted by molar-refractivity contribution is 0.0859. The molecule has 0 saturated carbocycles. The molecule has 0 unspecified atom stereocenters. The van der Waals surface area contributed by atoms with Crippen LogP contribution in [0, 0.1) is 0 Å². The summed E-state index contributed by atoms with van der Waals surface area (Å²) in [4.78, 5) is 0. The first kappa shape index (κ1) is 15.1. The first-order valence-electron chi connectivity index (χ1n) is 7.45. The van der Waals surface area contributed by atoms with Crippen molar-refractivity contribution in [3.8, 4) is 11.1 Å². The number of aliphatic hydroxyl groups is 1. The summed E-state index contributed by atoms with van der Waals surface area (Å²) in [5, 5.41) is 11.7. The summed E-state index contributed by atoms with van der Waals surface area (Å²) < 4.78 is 1.96. The molecule has 3 heteroatoms. The molecule has 0 bridgehead atoms. The van der Waals surface area contributed by atoms with Crippen molar-refractivity contribution in [1.82, 2.24) is 0 Å². The van der Waals surface area contributed by atoms with E-state index in [2.05, 4.69) is 56.1 Å². The van der Waals surface area contributed by atoms with Gasteiger partial charge in [-0.3, -0.25) is 0 Å². The van der Waals surface area contributed by atoms with Crippen LogP contribution >= 0.6 is 31.9 Å². The predicted octanol–water partition coefficient (Wildman–Crippen LogP) is 5.67. The van der Waals surface area contributed by atoms with E-state index in [1.807, 2.05) is 42.5 Å². The van der Waals surface area contributed by atoms with Gasteiger partial charge in [-0.1, -0.05) is 74.3 Å². The maximum absolute atomic E-state index is 11.7. The molecular weight excluding hydrogens is 416 g/mol. The van der Waals surface area contributed by atoms with E-state index in [1.165, 1.54) is 0 Å². The molecule has 114 valence electrons. The first-order valence-corrected chi connectivity index (χ1v) is 9.03. The van der Waals surface area contributed by atoms with Gasteiger partial charge in [0, 0.05) is 15.4 Å². The minimum Gasteiger partial charge on any atom is -0.380 e. The summed E-state index contributed by atoms with van der Waals surface area (Å²) in [5.74, 6) is 0. The van der Waals surface area contributed by atoms with Crippen LogP contribution < -0.4 is 0 Å². The molecule has 0 aliphatic heterocycles. The second-order valence-electron chi connectivity index (χ2n) is 5.90. The zero-order chi connectivity index (χ0) is 16.0. The molecule has 0 fully saturated rings. The SMILES string of the molecule is OC1(Cc2ccccc2)c2cc(Br)ccc2-c2ccc(Br)cc21. The molecule has 23 heavy (non-hydrogen) atoms. The van der Waals surface area contributed by atoms with Crippen LogP contribution in [0.1, 0.15) is 16.7 Å². The number of halogens is 2. The summed E-state index contributed by atoms with van der Waals surface area (Å²) in [6, 6.07) is 22.4. The monoisotopic (exact) mass is 428 g/mol. The Morgan fingerprint density at radius 2 is 1.26 bits per heavy atom. The van der Waals surface area contributed by atoms with Gasteiger partial charge in [0.1, 0.15) is 5.60 Å². The lowest BCUT2D eigenvalue weighted by Gasteiger charge is -2.26. The van der Waals surface area contributed by atoms with Crippen molar-refractivity contribution in [3.63, 3.8) is 0 Å². The Kier molecular flexibility index (Phi) is 3.67. The Hall–Kier alpha value is -1.42. The van der Waals surface area contributed by atoms with Gasteiger partial charge in [-0.25, -0.2) is 0 Å². The Bertz CT molecular complexity index is 836. The molecule has 3 aromatic carbocycles. The van der Waals surface area contributed by atoms with E-state index in [0.717, 1.165) is 36.8 Å². The van der Waals surface area contributed by atoms with Crippen LogP contribution in [-0.4, -0.2) is 5.11 Å². The fraction of sp³-hybridized carbons (Fsp3) is 0.100. The third-order valence-electron chi connectivity index (χ3n) is 4.45. The first-order chi connectivity index (χ1) is 11.1. The van der Waals surface area contributed by atoms with E-state index in [-0.39, 0.29) is 0 Å². The van der Waals surface area contributed by atoms with Gasteiger partial charge < -0.3 is 5.11 Å². The van der Waals surface area contributed by atoms with Crippen LogP contribution in [0.4, 0.5) is 0 Å². The zero-order valence-electron chi connectivity index (χ0n) is 12.3. The molecule has 3 aromatic rings. The minimum absolute atomic E-state index is 0.556. The molecule has 0 heterocycles. The summed E-state index contributed by atoms with van der Waals surface area (Å²) in [6.45, 7) is 0. The van der Waals surface area contributed by atoms with Crippen molar-refractivity contribution >= 4 is 31.9 Å². The van der Waals surface area contributed by atoms with Crippen molar-refractivity contribution in [2.75, 3.05) is 0 Å². The molecule has 1 nitrogen and oxygen atoms in total. The number of hydrogen-bond acceptors (Lipinski definition) is 1. The van der Waals surface area contributed by atoms with Gasteiger partial charge in [-0.15, -0.1) is 0 Å². The minimum atomic E-state index is -1.01. The van der Waals surface area contributed by atoms with E-state index in [9.17, 15) is 5.11 Å². The molecule has 0 saturated heterocycles. The molecule has 0 aromatic heterocycles. The number of benzene rings is 3. The fourth-order valence-electron chi connectivity index (χ4n) is 3.41. The molecule has 4 rings (SSSR count). The Morgan fingerprint density at radius 1 is 0.739 bits per heavy atom. The topological polar surface area (TPSA) is 20.2 Å². The van der Waals surface area contributed by atoms with E-state index < -0.39 is 5.60 Å². The summed E-state index contributed by atoms with van der Waals surface area (Å²) in [7, 11) is 0. The highest BCUT2D eigenvalue weighted by Gasteiger charge is 2.41. The molecule has 0 spiro atoms. The summed E-state index contributed by atoms with van der Waals surface area (Å²) in [6.07, 6.45) is 0.556. The van der Waals surface area contributed by atoms with Gasteiger partial charge in [0.2, 0.25) is 0 Å². The molecule has 1 aliphatic rings. The highest BCUT2D eigenvalue weighted by atomic mass is 79.9. The van der Waals surface area contributed by atoms with Crippen LogP contribution in [0.25, 0.3) is 11.1 Å². The molecule has 0 amide bonds. The third kappa shape index (κ3) is 2.47. The van der Waals surface area contributed by atoms with Crippen molar-refractivity contribution in [2.24, 2.45) is 0 Å². The van der Waals surface area contributed by atoms with E-state index in [4.69, 9.17) is 0 Å². The predicted molar refractivity (Wildman–Crippen MR) is 100 cm³/mol. The average Bonchev–Trinajstić information content (AvgIpc) is 2.77. The van der Waals surface area contributed by atoms with Gasteiger partial charge in [-0.2, -0.15) is 0 Å². The van der Waals surface area contributed by atoms with E-state index in [0.29, 0.717) is 6.42 Å². The van der Waals surface area contributed by atoms with E-state index in [1.54, 1.807) is 0 Å². The fourth-order valence-corrected chi connectivity index (χ4v) is 4.14. The van der Waals surface area contributed by atoms with Crippen LogP contribution in [0.5, 0.6) is 0 Å². The highest BCUT2D eigenvalue weighted by molar-refractivity contribution is 9.10. The zero-order valence-corrected chi connectivity index (χ0v) is 15.4. The average molecular weight is 430 g/mol. The van der Waals surface area contributed by atoms with E-state index >= 15 is 0 Å². The van der Waals surface area contributed by atoms with Crippen LogP contribution in [0.15, 0.2) is 75.7 Å². The van der Waals surface area contributed by atoms with Crippen molar-refractivity contribution in [1.29, 1.82) is 0 Å². The maximum atomic E-state index is 11.7.